The third-order valence-electron chi connectivity index (χ3n) is 5.88. The van der Waals surface area contributed by atoms with Crippen LogP contribution in [0.5, 0.6) is 0 Å². The molecule has 5 rings (SSSR count). The largest absolute Gasteiger partial charge is 0.322 e. The minimum atomic E-state index is -0.589. The SMILES string of the molecule is Cc1sc(NC(=O)C(Sc2cccc(NC(=O)c3ccccc3F)c2)c2ccccc2)nc1-c1ccccc1. The van der Waals surface area contributed by atoms with Crippen molar-refractivity contribution in [2.45, 2.75) is 17.1 Å². The first-order chi connectivity index (χ1) is 19.0. The summed E-state index contributed by atoms with van der Waals surface area (Å²) in [5.41, 5.74) is 3.14. The summed E-state index contributed by atoms with van der Waals surface area (Å²) in [6, 6.07) is 32.3. The number of aryl methyl sites for hydroxylation is 1. The third-order valence-corrected chi connectivity index (χ3v) is 8.01. The topological polar surface area (TPSA) is 71.1 Å². The Kier molecular flexibility index (Phi) is 8.15. The second-order valence-electron chi connectivity index (χ2n) is 8.65. The van der Waals surface area contributed by atoms with E-state index in [0.717, 1.165) is 26.6 Å². The summed E-state index contributed by atoms with van der Waals surface area (Å²) in [5.74, 6) is -1.34. The number of carbonyl (C=O) groups excluding carboxylic acids is 2. The van der Waals surface area contributed by atoms with E-state index in [1.807, 2.05) is 73.7 Å². The fourth-order valence-corrected chi connectivity index (χ4v) is 5.93. The van der Waals surface area contributed by atoms with Crippen molar-refractivity contribution in [2.75, 3.05) is 10.6 Å². The van der Waals surface area contributed by atoms with Gasteiger partial charge < -0.3 is 10.6 Å². The highest BCUT2D eigenvalue weighted by Crippen LogP contribution is 2.38. The molecule has 0 fully saturated rings. The number of thiazole rings is 1. The number of benzene rings is 4. The summed E-state index contributed by atoms with van der Waals surface area (Å²) >= 11 is 2.79. The van der Waals surface area contributed by atoms with Crippen LogP contribution in [0.4, 0.5) is 15.2 Å². The van der Waals surface area contributed by atoms with Gasteiger partial charge in [0.25, 0.3) is 5.91 Å². The number of hydrogen-bond acceptors (Lipinski definition) is 5. The van der Waals surface area contributed by atoms with E-state index in [-0.39, 0.29) is 11.5 Å². The standard InChI is InChI=1S/C31H24FN3O2S2/c1-20-27(21-11-4-2-5-12-21)34-31(38-20)35-30(37)28(22-13-6-3-7-14-22)39-24-16-10-15-23(19-24)33-29(36)25-17-8-9-18-26(25)32/h2-19,28H,1H3,(H,33,36)(H,34,35,37). The van der Waals surface area contributed by atoms with E-state index in [9.17, 15) is 14.0 Å². The van der Waals surface area contributed by atoms with Crippen LogP contribution in [0.15, 0.2) is 114 Å². The summed E-state index contributed by atoms with van der Waals surface area (Å²) < 4.78 is 14.1. The number of halogens is 1. The van der Waals surface area contributed by atoms with E-state index >= 15 is 0 Å². The third kappa shape index (κ3) is 6.42. The minimum absolute atomic E-state index is 0.0364. The van der Waals surface area contributed by atoms with Gasteiger partial charge in [-0.3, -0.25) is 9.59 Å². The molecule has 0 bridgehead atoms. The summed E-state index contributed by atoms with van der Waals surface area (Å²) in [5, 5.41) is 5.70. The van der Waals surface area contributed by atoms with Crippen molar-refractivity contribution in [1.29, 1.82) is 0 Å². The summed E-state index contributed by atoms with van der Waals surface area (Å²) in [6.07, 6.45) is 0. The number of anilines is 2. The van der Waals surface area contributed by atoms with Crippen molar-refractivity contribution >= 4 is 45.7 Å². The van der Waals surface area contributed by atoms with Crippen molar-refractivity contribution in [3.8, 4) is 11.3 Å². The number of nitrogens with zero attached hydrogens (tertiary/aromatic N) is 1. The van der Waals surface area contributed by atoms with Gasteiger partial charge in [0, 0.05) is 21.0 Å². The van der Waals surface area contributed by atoms with Crippen molar-refractivity contribution in [3.63, 3.8) is 0 Å². The van der Waals surface area contributed by atoms with Crippen LogP contribution in [0.25, 0.3) is 11.3 Å². The Hall–Kier alpha value is -4.27. The average molecular weight is 554 g/mol. The van der Waals surface area contributed by atoms with Crippen LogP contribution in [0.3, 0.4) is 0 Å². The number of amides is 2. The van der Waals surface area contributed by atoms with Gasteiger partial charge in [0.2, 0.25) is 5.91 Å². The van der Waals surface area contributed by atoms with Gasteiger partial charge >= 0.3 is 0 Å². The molecule has 1 atom stereocenters. The maximum absolute atomic E-state index is 14.1. The monoisotopic (exact) mass is 553 g/mol. The summed E-state index contributed by atoms with van der Waals surface area (Å²) in [6.45, 7) is 1.99. The van der Waals surface area contributed by atoms with Crippen LogP contribution < -0.4 is 10.6 Å². The van der Waals surface area contributed by atoms with Gasteiger partial charge in [0.1, 0.15) is 11.1 Å². The van der Waals surface area contributed by atoms with Gasteiger partial charge in [-0.05, 0) is 42.8 Å². The fourth-order valence-electron chi connectivity index (χ4n) is 4.01. The lowest BCUT2D eigenvalue weighted by Gasteiger charge is -2.17. The second kappa shape index (κ2) is 12.1. The Bertz CT molecular complexity index is 1610. The second-order valence-corrected chi connectivity index (χ2v) is 11.0. The highest BCUT2D eigenvalue weighted by molar-refractivity contribution is 8.00. The number of thioether (sulfide) groups is 1. The molecule has 2 N–H and O–H groups in total. The van der Waals surface area contributed by atoms with Gasteiger partial charge in [0.05, 0.1) is 11.3 Å². The molecular formula is C31H24FN3O2S2. The number of aromatic nitrogens is 1. The molecule has 0 aliphatic carbocycles. The van der Waals surface area contributed by atoms with Crippen molar-refractivity contribution in [3.05, 3.63) is 131 Å². The molecule has 2 amide bonds. The Morgan fingerprint density at radius 2 is 1.54 bits per heavy atom. The number of rotatable bonds is 8. The molecule has 1 unspecified atom stereocenters. The van der Waals surface area contributed by atoms with Crippen molar-refractivity contribution in [1.82, 2.24) is 4.98 Å². The smallest absolute Gasteiger partial charge is 0.258 e. The highest BCUT2D eigenvalue weighted by Gasteiger charge is 2.24. The Labute approximate surface area is 234 Å². The van der Waals surface area contributed by atoms with Crippen LogP contribution in [0.2, 0.25) is 0 Å². The maximum Gasteiger partial charge on any atom is 0.258 e. The van der Waals surface area contributed by atoms with Gasteiger partial charge in [-0.25, -0.2) is 9.37 Å². The van der Waals surface area contributed by atoms with Crippen LogP contribution in [-0.4, -0.2) is 16.8 Å². The fraction of sp³-hybridized carbons (Fsp3) is 0.0645. The number of carbonyl (C=O) groups is 2. The molecule has 1 heterocycles. The molecule has 0 aliphatic heterocycles. The molecular weight excluding hydrogens is 529 g/mol. The van der Waals surface area contributed by atoms with E-state index in [0.29, 0.717) is 10.8 Å². The van der Waals surface area contributed by atoms with Crippen LogP contribution in [0, 0.1) is 12.7 Å². The molecule has 194 valence electrons. The zero-order valence-electron chi connectivity index (χ0n) is 20.9. The molecule has 0 spiro atoms. The van der Waals surface area contributed by atoms with E-state index in [2.05, 4.69) is 15.6 Å². The lowest BCUT2D eigenvalue weighted by Crippen LogP contribution is -2.19. The summed E-state index contributed by atoms with van der Waals surface area (Å²) in [7, 11) is 0. The van der Waals surface area contributed by atoms with Crippen molar-refractivity contribution in [2.24, 2.45) is 0 Å². The molecule has 0 aliphatic rings. The Balaban J connectivity index is 1.36. The Morgan fingerprint density at radius 3 is 2.28 bits per heavy atom. The highest BCUT2D eigenvalue weighted by atomic mass is 32.2. The Morgan fingerprint density at radius 1 is 0.846 bits per heavy atom. The first-order valence-corrected chi connectivity index (χ1v) is 13.9. The molecule has 5 aromatic rings. The normalized spacial score (nSPS) is 11.5. The molecule has 4 aromatic carbocycles. The van der Waals surface area contributed by atoms with Gasteiger partial charge in [-0.1, -0.05) is 78.9 Å². The quantitative estimate of drug-likeness (QED) is 0.191. The lowest BCUT2D eigenvalue weighted by molar-refractivity contribution is -0.115. The predicted octanol–water partition coefficient (Wildman–Crippen LogP) is 7.98. The van der Waals surface area contributed by atoms with Crippen LogP contribution in [0.1, 0.15) is 26.0 Å². The lowest BCUT2D eigenvalue weighted by atomic mass is 10.1. The van der Waals surface area contributed by atoms with Crippen LogP contribution >= 0.6 is 23.1 Å². The number of nitrogens with one attached hydrogen (secondary N) is 2. The first kappa shape index (κ1) is 26.3. The predicted molar refractivity (Wildman–Crippen MR) is 157 cm³/mol. The molecule has 5 nitrogen and oxygen atoms in total. The van der Waals surface area contributed by atoms with Crippen LogP contribution in [-0.2, 0) is 4.79 Å². The first-order valence-electron chi connectivity index (χ1n) is 12.2. The van der Waals surface area contributed by atoms with E-state index in [1.54, 1.807) is 24.3 Å². The molecule has 0 saturated carbocycles. The number of hydrogen-bond donors (Lipinski definition) is 2. The molecule has 39 heavy (non-hydrogen) atoms. The molecule has 8 heteroatoms. The molecule has 1 aromatic heterocycles. The van der Waals surface area contributed by atoms with E-state index in [4.69, 9.17) is 0 Å². The van der Waals surface area contributed by atoms with Crippen molar-refractivity contribution < 1.29 is 14.0 Å². The average Bonchev–Trinajstić information content (AvgIpc) is 3.32. The van der Waals surface area contributed by atoms with E-state index in [1.165, 1.54) is 41.3 Å². The minimum Gasteiger partial charge on any atom is -0.322 e. The summed E-state index contributed by atoms with van der Waals surface area (Å²) in [4.78, 5) is 32.7. The molecule has 0 radical (unpaired) electrons. The zero-order chi connectivity index (χ0) is 27.2. The van der Waals surface area contributed by atoms with Gasteiger partial charge in [-0.2, -0.15) is 0 Å². The maximum atomic E-state index is 14.1. The molecule has 0 saturated heterocycles. The van der Waals surface area contributed by atoms with Gasteiger partial charge in [-0.15, -0.1) is 23.1 Å². The van der Waals surface area contributed by atoms with E-state index < -0.39 is 17.0 Å². The zero-order valence-corrected chi connectivity index (χ0v) is 22.6. The van der Waals surface area contributed by atoms with Gasteiger partial charge in [0.15, 0.2) is 5.13 Å².